The van der Waals surface area contributed by atoms with Crippen LogP contribution in [0.25, 0.3) is 0 Å². The standard InChI is InChI=1S/C26H29N3O5S/c1-3-34-24(31)17-29-26(33)22(15-14-21(28-29)20-12-8-5-9-13-20)27-25(32)23(35-18(2)30)16-19-10-6-4-7-11-19/h4-13,22-23H,3,14-17H2,1-2H3,(H,27,32). The molecule has 2 aromatic rings. The summed E-state index contributed by atoms with van der Waals surface area (Å²) in [4.78, 5) is 50.5. The molecule has 1 N–H and O–H groups in total. The number of benzene rings is 2. The summed E-state index contributed by atoms with van der Waals surface area (Å²) < 4.78 is 5.01. The topological polar surface area (TPSA) is 105 Å². The van der Waals surface area contributed by atoms with E-state index < -0.39 is 29.1 Å². The molecule has 0 spiro atoms. The van der Waals surface area contributed by atoms with Crippen molar-refractivity contribution in [3.05, 3.63) is 71.8 Å². The van der Waals surface area contributed by atoms with Crippen molar-refractivity contribution in [3.8, 4) is 0 Å². The van der Waals surface area contributed by atoms with Crippen molar-refractivity contribution in [2.75, 3.05) is 13.2 Å². The van der Waals surface area contributed by atoms with E-state index in [0.717, 1.165) is 27.9 Å². The Hall–Kier alpha value is -3.46. The van der Waals surface area contributed by atoms with Crippen LogP contribution in [0.3, 0.4) is 0 Å². The molecular weight excluding hydrogens is 466 g/mol. The highest BCUT2D eigenvalue weighted by Gasteiger charge is 2.33. The van der Waals surface area contributed by atoms with Crippen LogP contribution in [-0.4, -0.2) is 58.1 Å². The lowest BCUT2D eigenvalue weighted by Crippen LogP contribution is -2.50. The molecule has 0 saturated heterocycles. The predicted molar refractivity (Wildman–Crippen MR) is 135 cm³/mol. The smallest absolute Gasteiger partial charge is 0.327 e. The molecule has 8 nitrogen and oxygen atoms in total. The van der Waals surface area contributed by atoms with Gasteiger partial charge in [-0.2, -0.15) is 5.10 Å². The van der Waals surface area contributed by atoms with Crippen molar-refractivity contribution < 1.29 is 23.9 Å². The Labute approximate surface area is 209 Å². The highest BCUT2D eigenvalue weighted by Crippen LogP contribution is 2.20. The van der Waals surface area contributed by atoms with Gasteiger partial charge in [0.2, 0.25) is 5.91 Å². The van der Waals surface area contributed by atoms with Crippen molar-refractivity contribution >= 4 is 40.4 Å². The van der Waals surface area contributed by atoms with E-state index in [1.165, 1.54) is 6.92 Å². The molecule has 0 bridgehead atoms. The van der Waals surface area contributed by atoms with E-state index in [-0.39, 0.29) is 18.3 Å². The molecule has 2 aromatic carbocycles. The molecule has 1 aliphatic heterocycles. The van der Waals surface area contributed by atoms with Crippen LogP contribution < -0.4 is 5.32 Å². The summed E-state index contributed by atoms with van der Waals surface area (Å²) in [6.07, 6.45) is 1.07. The molecule has 0 aliphatic carbocycles. The average Bonchev–Trinajstić information content (AvgIpc) is 2.99. The Morgan fingerprint density at radius 3 is 2.40 bits per heavy atom. The lowest BCUT2D eigenvalue weighted by Gasteiger charge is -2.23. The normalized spacial score (nSPS) is 16.6. The summed E-state index contributed by atoms with van der Waals surface area (Å²) >= 11 is 0.934. The first kappa shape index (κ1) is 26.2. The SMILES string of the molecule is CCOC(=O)CN1N=C(c2ccccc2)CCC(NC(=O)C(Cc2ccccc2)SC(C)=O)C1=O. The van der Waals surface area contributed by atoms with E-state index in [1.54, 1.807) is 6.92 Å². The highest BCUT2D eigenvalue weighted by atomic mass is 32.2. The van der Waals surface area contributed by atoms with E-state index in [9.17, 15) is 19.2 Å². The van der Waals surface area contributed by atoms with Crippen LogP contribution in [0.2, 0.25) is 0 Å². The van der Waals surface area contributed by atoms with Gasteiger partial charge >= 0.3 is 5.97 Å². The van der Waals surface area contributed by atoms with Crippen LogP contribution in [0.1, 0.15) is 37.8 Å². The predicted octanol–water partition coefficient (Wildman–Crippen LogP) is 2.95. The van der Waals surface area contributed by atoms with Gasteiger partial charge < -0.3 is 10.1 Å². The molecule has 0 aromatic heterocycles. The number of hydrogen-bond donors (Lipinski definition) is 1. The van der Waals surface area contributed by atoms with E-state index >= 15 is 0 Å². The summed E-state index contributed by atoms with van der Waals surface area (Å²) in [6.45, 7) is 2.92. The molecule has 0 fully saturated rings. The zero-order valence-corrected chi connectivity index (χ0v) is 20.6. The molecule has 1 aliphatic rings. The molecule has 35 heavy (non-hydrogen) atoms. The largest absolute Gasteiger partial charge is 0.465 e. The van der Waals surface area contributed by atoms with Gasteiger partial charge in [-0.3, -0.25) is 19.2 Å². The second-order valence-electron chi connectivity index (χ2n) is 8.00. The Bertz CT molecular complexity index is 1070. The summed E-state index contributed by atoms with van der Waals surface area (Å²) in [6, 6.07) is 17.9. The number of ether oxygens (including phenoxy) is 1. The van der Waals surface area contributed by atoms with Crippen LogP contribution in [0.5, 0.6) is 0 Å². The van der Waals surface area contributed by atoms with Crippen molar-refractivity contribution in [1.29, 1.82) is 0 Å². The number of hydrazone groups is 1. The molecule has 0 saturated carbocycles. The number of nitrogens with zero attached hydrogens (tertiary/aromatic N) is 2. The summed E-state index contributed by atoms with van der Waals surface area (Å²) in [5, 5.41) is 7.46. The summed E-state index contributed by atoms with van der Waals surface area (Å²) in [5.41, 5.74) is 2.38. The Balaban J connectivity index is 1.80. The van der Waals surface area contributed by atoms with Crippen LogP contribution >= 0.6 is 11.8 Å². The number of amides is 2. The van der Waals surface area contributed by atoms with Gasteiger partial charge in [0.05, 0.1) is 17.6 Å². The fourth-order valence-corrected chi connectivity index (χ4v) is 4.57. The molecule has 2 amide bonds. The molecular formula is C26H29N3O5S. The molecule has 9 heteroatoms. The number of hydrogen-bond acceptors (Lipinski definition) is 7. The van der Waals surface area contributed by atoms with Crippen molar-refractivity contribution in [3.63, 3.8) is 0 Å². The van der Waals surface area contributed by atoms with E-state index in [0.29, 0.717) is 25.0 Å². The summed E-state index contributed by atoms with van der Waals surface area (Å²) in [5.74, 6) is -1.49. The van der Waals surface area contributed by atoms with Gasteiger partial charge in [0.1, 0.15) is 12.6 Å². The van der Waals surface area contributed by atoms with Crippen LogP contribution in [-0.2, 0) is 30.3 Å². The number of rotatable bonds is 9. The lowest BCUT2D eigenvalue weighted by molar-refractivity contribution is -0.149. The number of esters is 1. The fourth-order valence-electron chi connectivity index (χ4n) is 3.72. The minimum atomic E-state index is -0.896. The second kappa shape index (κ2) is 12.9. The zero-order chi connectivity index (χ0) is 25.2. The first-order valence-electron chi connectivity index (χ1n) is 11.5. The Kier molecular flexibility index (Phi) is 9.60. The van der Waals surface area contributed by atoms with Gasteiger partial charge in [0.15, 0.2) is 5.12 Å². The first-order chi connectivity index (χ1) is 16.9. The monoisotopic (exact) mass is 495 g/mol. The Morgan fingerprint density at radius 1 is 1.11 bits per heavy atom. The quantitative estimate of drug-likeness (QED) is 0.537. The molecule has 0 radical (unpaired) electrons. The minimum absolute atomic E-state index is 0.180. The van der Waals surface area contributed by atoms with Gasteiger partial charge in [0, 0.05) is 6.92 Å². The van der Waals surface area contributed by atoms with Crippen LogP contribution in [0, 0.1) is 0 Å². The molecule has 2 atom stereocenters. The number of nitrogens with one attached hydrogen (secondary N) is 1. The third kappa shape index (κ3) is 7.78. The van der Waals surface area contributed by atoms with Gasteiger partial charge in [-0.05, 0) is 37.3 Å². The third-order valence-electron chi connectivity index (χ3n) is 5.34. The maximum Gasteiger partial charge on any atom is 0.327 e. The fraction of sp³-hybridized carbons (Fsp3) is 0.346. The van der Waals surface area contributed by atoms with Gasteiger partial charge in [-0.15, -0.1) is 0 Å². The van der Waals surface area contributed by atoms with Crippen molar-refractivity contribution in [2.45, 2.75) is 44.4 Å². The molecule has 184 valence electrons. The van der Waals surface area contributed by atoms with E-state index in [4.69, 9.17) is 4.74 Å². The van der Waals surface area contributed by atoms with E-state index in [2.05, 4.69) is 10.4 Å². The van der Waals surface area contributed by atoms with Crippen molar-refractivity contribution in [1.82, 2.24) is 10.3 Å². The van der Waals surface area contributed by atoms with Crippen LogP contribution in [0.15, 0.2) is 65.8 Å². The van der Waals surface area contributed by atoms with Gasteiger partial charge in [0.25, 0.3) is 5.91 Å². The number of carbonyl (C=O) groups excluding carboxylic acids is 4. The van der Waals surface area contributed by atoms with Crippen molar-refractivity contribution in [2.24, 2.45) is 5.10 Å². The number of carbonyl (C=O) groups is 4. The van der Waals surface area contributed by atoms with Gasteiger partial charge in [-0.1, -0.05) is 72.4 Å². The maximum absolute atomic E-state index is 13.3. The first-order valence-corrected chi connectivity index (χ1v) is 12.4. The number of thioether (sulfide) groups is 1. The highest BCUT2D eigenvalue weighted by molar-refractivity contribution is 8.14. The average molecular weight is 496 g/mol. The van der Waals surface area contributed by atoms with Gasteiger partial charge in [-0.25, -0.2) is 5.01 Å². The van der Waals surface area contributed by atoms with E-state index in [1.807, 2.05) is 60.7 Å². The molecule has 3 rings (SSSR count). The third-order valence-corrected chi connectivity index (χ3v) is 6.33. The minimum Gasteiger partial charge on any atom is -0.465 e. The van der Waals surface area contributed by atoms with Crippen LogP contribution in [0.4, 0.5) is 0 Å². The Morgan fingerprint density at radius 2 is 1.77 bits per heavy atom. The second-order valence-corrected chi connectivity index (χ2v) is 9.38. The molecule has 2 unspecified atom stereocenters. The maximum atomic E-state index is 13.3. The lowest BCUT2D eigenvalue weighted by atomic mass is 10.0. The molecule has 1 heterocycles. The zero-order valence-electron chi connectivity index (χ0n) is 19.8. The summed E-state index contributed by atoms with van der Waals surface area (Å²) in [7, 11) is 0.